The Bertz CT molecular complexity index is 1480. The number of fused-ring (bicyclic) bond motifs is 2. The largest absolute Gasteiger partial charge is 0.396 e. The number of nitrogens with one attached hydrogen (secondary N) is 2. The van der Waals surface area contributed by atoms with Crippen LogP contribution in [0, 0.1) is 17.8 Å². The van der Waals surface area contributed by atoms with Gasteiger partial charge in [-0.1, -0.05) is 55.5 Å². The highest BCUT2D eigenvalue weighted by Crippen LogP contribution is 2.65. The summed E-state index contributed by atoms with van der Waals surface area (Å²) >= 11 is 0. The highest BCUT2D eigenvalue weighted by atomic mass is 16.5. The lowest BCUT2D eigenvalue weighted by atomic mass is 9.62. The normalized spacial score (nSPS) is 30.0. The second kappa shape index (κ2) is 10.6. The number of unbranched alkanes of at least 4 members (excludes halogenated alkanes) is 2. The van der Waals surface area contributed by atoms with Crippen LogP contribution < -0.4 is 10.6 Å². The molecule has 1 spiro atoms. The van der Waals surface area contributed by atoms with Crippen LogP contribution in [0.5, 0.6) is 0 Å². The third-order valence-electron chi connectivity index (χ3n) is 9.46. The maximum atomic E-state index is 14.2. The van der Waals surface area contributed by atoms with E-state index in [1.165, 1.54) is 0 Å². The van der Waals surface area contributed by atoms with Crippen molar-refractivity contribution in [1.29, 1.82) is 0 Å². The maximum absolute atomic E-state index is 14.2. The van der Waals surface area contributed by atoms with E-state index in [4.69, 9.17) is 4.74 Å². The zero-order valence-electron chi connectivity index (χ0n) is 23.5. The lowest BCUT2D eigenvalue weighted by molar-refractivity contribution is -0.144. The van der Waals surface area contributed by atoms with Gasteiger partial charge in [-0.2, -0.15) is 0 Å². The van der Waals surface area contributed by atoms with Gasteiger partial charge in [0.15, 0.2) is 0 Å². The van der Waals surface area contributed by atoms with Gasteiger partial charge in [-0.15, -0.1) is 0 Å². The molecule has 3 aliphatic heterocycles. The van der Waals surface area contributed by atoms with Crippen LogP contribution in [0.2, 0.25) is 0 Å². The molecule has 0 saturated carbocycles. The minimum absolute atomic E-state index is 0.0385. The van der Waals surface area contributed by atoms with E-state index in [1.54, 1.807) is 4.90 Å². The van der Waals surface area contributed by atoms with Gasteiger partial charge in [0, 0.05) is 24.5 Å². The van der Waals surface area contributed by atoms with Gasteiger partial charge in [0.2, 0.25) is 17.7 Å². The van der Waals surface area contributed by atoms with Crippen LogP contribution in [0.15, 0.2) is 72.8 Å². The van der Waals surface area contributed by atoms with Gasteiger partial charge >= 0.3 is 0 Å². The molecule has 3 aromatic rings. The topological polar surface area (TPSA) is 108 Å². The molecule has 3 aliphatic rings. The highest BCUT2D eigenvalue weighted by Gasteiger charge is 2.79. The molecule has 8 heteroatoms. The van der Waals surface area contributed by atoms with E-state index in [9.17, 15) is 19.5 Å². The van der Waals surface area contributed by atoms with Crippen molar-refractivity contribution in [1.82, 2.24) is 4.90 Å². The predicted octanol–water partition coefficient (Wildman–Crippen LogP) is 4.59. The summed E-state index contributed by atoms with van der Waals surface area (Å²) in [6.45, 7) is 4.39. The molecule has 3 saturated heterocycles. The number of anilines is 2. The number of carbonyl (C=O) groups excluding carboxylic acids is 3. The summed E-state index contributed by atoms with van der Waals surface area (Å²) in [5.41, 5.74) is -0.695. The van der Waals surface area contributed by atoms with E-state index >= 15 is 0 Å². The molecule has 8 nitrogen and oxygen atoms in total. The molecule has 0 aromatic heterocycles. The molecule has 3 amide bonds. The van der Waals surface area contributed by atoms with Gasteiger partial charge in [-0.25, -0.2) is 0 Å². The van der Waals surface area contributed by atoms with Crippen LogP contribution in [0.4, 0.5) is 11.4 Å². The number of ether oxygens (including phenoxy) is 1. The van der Waals surface area contributed by atoms with Crippen LogP contribution >= 0.6 is 0 Å². The monoisotopic (exact) mass is 555 g/mol. The fourth-order valence-electron chi connectivity index (χ4n) is 7.47. The fourth-order valence-corrected chi connectivity index (χ4v) is 7.47. The molecule has 6 rings (SSSR count). The molecule has 3 unspecified atom stereocenters. The Kier molecular flexibility index (Phi) is 7.08. The van der Waals surface area contributed by atoms with Crippen molar-refractivity contribution in [3.05, 3.63) is 72.8 Å². The van der Waals surface area contributed by atoms with E-state index in [0.717, 1.165) is 17.2 Å². The number of amides is 3. The zero-order chi connectivity index (χ0) is 28.8. The number of carbonyl (C=O) groups is 3. The summed E-state index contributed by atoms with van der Waals surface area (Å²) in [7, 11) is 0. The van der Waals surface area contributed by atoms with Gasteiger partial charge in [0.1, 0.15) is 11.6 Å². The van der Waals surface area contributed by atoms with E-state index in [2.05, 4.69) is 10.6 Å². The Hall–Kier alpha value is -3.75. The Morgan fingerprint density at radius 3 is 2.39 bits per heavy atom. The van der Waals surface area contributed by atoms with Crippen LogP contribution in [-0.2, 0) is 19.1 Å². The van der Waals surface area contributed by atoms with Gasteiger partial charge in [-0.3, -0.25) is 14.4 Å². The quantitative estimate of drug-likeness (QED) is 0.335. The number of para-hydroxylation sites is 1. The Balaban J connectivity index is 1.35. The van der Waals surface area contributed by atoms with Crippen LogP contribution in [0.3, 0.4) is 0 Å². The molecular weight excluding hydrogens is 518 g/mol. The molecular formula is C33H37N3O5. The Morgan fingerprint density at radius 1 is 0.927 bits per heavy atom. The van der Waals surface area contributed by atoms with Gasteiger partial charge in [0.25, 0.3) is 0 Å². The van der Waals surface area contributed by atoms with Gasteiger partial charge < -0.3 is 25.4 Å². The van der Waals surface area contributed by atoms with E-state index in [0.29, 0.717) is 37.2 Å². The van der Waals surface area contributed by atoms with Crippen molar-refractivity contribution in [3.8, 4) is 0 Å². The summed E-state index contributed by atoms with van der Waals surface area (Å²) in [5, 5.41) is 17.4. The summed E-state index contributed by atoms with van der Waals surface area (Å²) in [6, 6.07) is 22.0. The molecule has 3 N–H and O–H groups in total. The molecule has 2 bridgehead atoms. The molecule has 0 aliphatic carbocycles. The number of aliphatic hydroxyl groups is 1. The Labute approximate surface area is 240 Å². The first-order chi connectivity index (χ1) is 19.8. The van der Waals surface area contributed by atoms with Crippen molar-refractivity contribution in [3.63, 3.8) is 0 Å². The minimum atomic E-state index is -1.11. The first kappa shape index (κ1) is 27.4. The van der Waals surface area contributed by atoms with Gasteiger partial charge in [-0.05, 0) is 73.6 Å². The van der Waals surface area contributed by atoms with Crippen LogP contribution in [0.1, 0.15) is 39.5 Å². The van der Waals surface area contributed by atoms with E-state index in [-0.39, 0.29) is 30.2 Å². The first-order valence-electron chi connectivity index (χ1n) is 14.6. The van der Waals surface area contributed by atoms with E-state index in [1.807, 2.05) is 86.6 Å². The van der Waals surface area contributed by atoms with Crippen LogP contribution in [-0.4, -0.2) is 58.1 Å². The van der Waals surface area contributed by atoms with Gasteiger partial charge in [0.05, 0.1) is 17.4 Å². The standard InChI is InChI=1S/C33H37N3O5/c1-21-20-33-27(26(32(21,2)41-33)29(38)34-24-13-5-3-6-14-24)31(40)36(17-9-4-10-18-37)28(33)30(39)35-25-16-15-22-11-7-8-12-23(22)19-25/h3,5-8,11-16,19,21,26-28,37H,4,9-10,17-18,20H2,1-2H3,(H,34,38)(H,35,39)/t21?,26-,27+,28?,32+,33?/m1/s1. The number of hydrogen-bond donors (Lipinski definition) is 3. The number of nitrogens with zero attached hydrogens (tertiary/aromatic N) is 1. The lowest BCUT2D eigenvalue weighted by Gasteiger charge is -2.36. The number of benzene rings is 3. The first-order valence-corrected chi connectivity index (χ1v) is 14.6. The number of rotatable bonds is 9. The molecule has 41 heavy (non-hydrogen) atoms. The van der Waals surface area contributed by atoms with Crippen molar-refractivity contribution < 1.29 is 24.2 Å². The van der Waals surface area contributed by atoms with Crippen molar-refractivity contribution in [2.75, 3.05) is 23.8 Å². The molecule has 3 heterocycles. The second-order valence-electron chi connectivity index (χ2n) is 11.9. The number of hydrogen-bond acceptors (Lipinski definition) is 5. The molecule has 0 radical (unpaired) electrons. The zero-order valence-corrected chi connectivity index (χ0v) is 23.5. The maximum Gasteiger partial charge on any atom is 0.250 e. The average molecular weight is 556 g/mol. The summed E-state index contributed by atoms with van der Waals surface area (Å²) in [5.74, 6) is -2.32. The third-order valence-corrected chi connectivity index (χ3v) is 9.46. The number of aliphatic hydroxyl groups excluding tert-OH is 1. The summed E-state index contributed by atoms with van der Waals surface area (Å²) < 4.78 is 6.80. The predicted molar refractivity (Wildman–Crippen MR) is 157 cm³/mol. The molecule has 214 valence electrons. The average Bonchev–Trinajstić information content (AvgIpc) is 3.48. The lowest BCUT2D eigenvalue weighted by Crippen LogP contribution is -2.54. The summed E-state index contributed by atoms with van der Waals surface area (Å²) in [6.07, 6.45) is 2.50. The van der Waals surface area contributed by atoms with Crippen molar-refractivity contribution in [2.24, 2.45) is 17.8 Å². The minimum Gasteiger partial charge on any atom is -0.396 e. The smallest absolute Gasteiger partial charge is 0.250 e. The molecule has 3 fully saturated rings. The molecule has 3 aromatic carbocycles. The summed E-state index contributed by atoms with van der Waals surface area (Å²) in [4.78, 5) is 43.9. The molecule has 6 atom stereocenters. The third kappa shape index (κ3) is 4.50. The highest BCUT2D eigenvalue weighted by molar-refractivity contribution is 6.06. The second-order valence-corrected chi connectivity index (χ2v) is 11.9. The van der Waals surface area contributed by atoms with Crippen molar-refractivity contribution in [2.45, 2.75) is 56.8 Å². The SMILES string of the molecule is CC1CC23O[C@]1(C)[C@@H](C(=O)Nc1ccccc1)[C@H]2C(=O)N(CCCCCO)C3C(=O)Nc1ccc2ccccc2c1. The van der Waals surface area contributed by atoms with Crippen LogP contribution in [0.25, 0.3) is 10.8 Å². The van der Waals surface area contributed by atoms with Crippen molar-refractivity contribution >= 4 is 39.9 Å². The van der Waals surface area contributed by atoms with E-state index < -0.39 is 29.1 Å². The number of likely N-dealkylation sites (tertiary alicyclic amines) is 1. The Morgan fingerprint density at radius 2 is 1.63 bits per heavy atom. The fraction of sp³-hybridized carbons (Fsp3) is 0.424.